The maximum atomic E-state index is 5.86. The molecular formula is C11H10BrClN2S. The van der Waals surface area contributed by atoms with Gasteiger partial charge in [0.25, 0.3) is 0 Å². The van der Waals surface area contributed by atoms with E-state index in [1.54, 1.807) is 11.3 Å². The second-order valence-corrected chi connectivity index (χ2v) is 5.94. The number of rotatable bonds is 3. The zero-order valence-electron chi connectivity index (χ0n) is 8.63. The number of hydrogen-bond acceptors (Lipinski definition) is 3. The van der Waals surface area contributed by atoms with E-state index in [2.05, 4.69) is 32.3 Å². The van der Waals surface area contributed by atoms with Crippen LogP contribution in [0.5, 0.6) is 0 Å². The lowest BCUT2D eigenvalue weighted by molar-refractivity contribution is 1.15. The van der Waals surface area contributed by atoms with E-state index in [0.717, 1.165) is 26.7 Å². The van der Waals surface area contributed by atoms with Crippen LogP contribution in [-0.4, -0.2) is 4.98 Å². The molecule has 2 aromatic heterocycles. The minimum atomic E-state index is 0.778. The first-order chi connectivity index (χ1) is 7.65. The number of anilines is 1. The molecule has 0 aliphatic carbocycles. The van der Waals surface area contributed by atoms with Gasteiger partial charge in [-0.1, -0.05) is 11.6 Å². The molecule has 0 atom stereocenters. The lowest BCUT2D eigenvalue weighted by Crippen LogP contribution is -1.98. The topological polar surface area (TPSA) is 24.9 Å². The highest BCUT2D eigenvalue weighted by molar-refractivity contribution is 9.10. The Morgan fingerprint density at radius 1 is 1.50 bits per heavy atom. The number of hydrogen-bond donors (Lipinski definition) is 1. The summed E-state index contributed by atoms with van der Waals surface area (Å²) in [5.74, 6) is 0. The van der Waals surface area contributed by atoms with Crippen molar-refractivity contribution in [2.45, 2.75) is 13.5 Å². The Morgan fingerprint density at radius 3 is 2.94 bits per heavy atom. The van der Waals surface area contributed by atoms with Crippen molar-refractivity contribution in [3.05, 3.63) is 43.8 Å². The van der Waals surface area contributed by atoms with Gasteiger partial charge in [-0.25, -0.2) is 4.98 Å². The van der Waals surface area contributed by atoms with Gasteiger partial charge in [0.2, 0.25) is 0 Å². The zero-order chi connectivity index (χ0) is 11.5. The lowest BCUT2D eigenvalue weighted by Gasteiger charge is -2.05. The fourth-order valence-electron chi connectivity index (χ4n) is 1.29. The molecule has 0 amide bonds. The molecule has 0 saturated heterocycles. The predicted molar refractivity (Wildman–Crippen MR) is 73.3 cm³/mol. The van der Waals surface area contributed by atoms with Gasteiger partial charge in [0, 0.05) is 11.4 Å². The molecule has 16 heavy (non-hydrogen) atoms. The summed E-state index contributed by atoms with van der Waals surface area (Å²) < 4.78 is 1.71. The van der Waals surface area contributed by atoms with Crippen LogP contribution >= 0.6 is 38.9 Å². The predicted octanol–water partition coefficient (Wildman–Crippen LogP) is 4.48. The highest BCUT2D eigenvalue weighted by atomic mass is 79.9. The average molecular weight is 318 g/mol. The standard InChI is InChI=1S/C11H10BrClN2S/c1-7-4-8(5-15-11(7)12)14-6-9-2-3-10(13)16-9/h2-5,14H,6H2,1H3. The number of aromatic nitrogens is 1. The van der Waals surface area contributed by atoms with E-state index in [-0.39, 0.29) is 0 Å². The summed E-state index contributed by atoms with van der Waals surface area (Å²) in [7, 11) is 0. The first kappa shape index (κ1) is 11.9. The summed E-state index contributed by atoms with van der Waals surface area (Å²) in [6.45, 7) is 2.80. The lowest BCUT2D eigenvalue weighted by atomic mass is 10.3. The molecule has 84 valence electrons. The maximum Gasteiger partial charge on any atom is 0.109 e. The molecule has 0 bridgehead atoms. The van der Waals surface area contributed by atoms with Crippen molar-refractivity contribution >= 4 is 44.6 Å². The van der Waals surface area contributed by atoms with E-state index >= 15 is 0 Å². The van der Waals surface area contributed by atoms with Gasteiger partial charge in [-0.2, -0.15) is 0 Å². The van der Waals surface area contributed by atoms with Crippen molar-refractivity contribution in [1.82, 2.24) is 4.98 Å². The molecule has 0 aliphatic rings. The minimum absolute atomic E-state index is 0.778. The highest BCUT2D eigenvalue weighted by Gasteiger charge is 2.00. The molecule has 2 heterocycles. The van der Waals surface area contributed by atoms with Gasteiger partial charge >= 0.3 is 0 Å². The highest BCUT2D eigenvalue weighted by Crippen LogP contribution is 2.23. The van der Waals surface area contributed by atoms with Crippen molar-refractivity contribution in [2.75, 3.05) is 5.32 Å². The summed E-state index contributed by atoms with van der Waals surface area (Å²) in [6, 6.07) is 6.00. The summed E-state index contributed by atoms with van der Waals surface area (Å²) >= 11 is 10.8. The van der Waals surface area contributed by atoms with Crippen molar-refractivity contribution in [3.63, 3.8) is 0 Å². The van der Waals surface area contributed by atoms with Gasteiger partial charge in [0.15, 0.2) is 0 Å². The largest absolute Gasteiger partial charge is 0.379 e. The SMILES string of the molecule is Cc1cc(NCc2ccc(Cl)s2)cnc1Br. The van der Waals surface area contributed by atoms with Gasteiger partial charge in [0.1, 0.15) is 4.60 Å². The number of thiophene rings is 1. The maximum absolute atomic E-state index is 5.86. The number of aryl methyl sites for hydroxylation is 1. The van der Waals surface area contributed by atoms with Crippen molar-refractivity contribution in [1.29, 1.82) is 0 Å². The monoisotopic (exact) mass is 316 g/mol. The van der Waals surface area contributed by atoms with Crippen LogP contribution in [0, 0.1) is 6.92 Å². The first-order valence-corrected chi connectivity index (χ1v) is 6.74. The van der Waals surface area contributed by atoms with Crippen LogP contribution < -0.4 is 5.32 Å². The number of pyridine rings is 1. The number of halogens is 2. The van der Waals surface area contributed by atoms with E-state index in [0.29, 0.717) is 0 Å². The summed E-state index contributed by atoms with van der Waals surface area (Å²) in [6.07, 6.45) is 1.81. The van der Waals surface area contributed by atoms with Crippen LogP contribution in [0.25, 0.3) is 0 Å². The van der Waals surface area contributed by atoms with Crippen LogP contribution in [0.2, 0.25) is 4.34 Å². The molecule has 5 heteroatoms. The van der Waals surface area contributed by atoms with Crippen LogP contribution in [-0.2, 0) is 6.54 Å². The third-order valence-electron chi connectivity index (χ3n) is 2.11. The second-order valence-electron chi connectivity index (χ2n) is 3.39. The van der Waals surface area contributed by atoms with Crippen LogP contribution in [0.4, 0.5) is 5.69 Å². The van der Waals surface area contributed by atoms with E-state index in [9.17, 15) is 0 Å². The Morgan fingerprint density at radius 2 is 2.31 bits per heavy atom. The molecule has 1 N–H and O–H groups in total. The van der Waals surface area contributed by atoms with Crippen LogP contribution in [0.3, 0.4) is 0 Å². The normalized spacial score (nSPS) is 10.4. The Labute approximate surface area is 112 Å². The summed E-state index contributed by atoms with van der Waals surface area (Å²) in [5, 5.41) is 3.31. The Hall–Kier alpha value is -0.580. The molecule has 0 radical (unpaired) electrons. The summed E-state index contributed by atoms with van der Waals surface area (Å²) in [5.41, 5.74) is 2.14. The quantitative estimate of drug-likeness (QED) is 0.844. The van der Waals surface area contributed by atoms with Gasteiger partial charge in [-0.3, -0.25) is 0 Å². The van der Waals surface area contributed by atoms with Gasteiger partial charge in [0.05, 0.1) is 16.2 Å². The molecule has 2 rings (SSSR count). The zero-order valence-corrected chi connectivity index (χ0v) is 11.8. The molecule has 0 unspecified atom stereocenters. The number of nitrogens with zero attached hydrogens (tertiary/aromatic N) is 1. The van der Waals surface area contributed by atoms with Crippen LogP contribution in [0.15, 0.2) is 29.0 Å². The molecular weight excluding hydrogens is 308 g/mol. The minimum Gasteiger partial charge on any atom is -0.379 e. The van der Waals surface area contributed by atoms with Gasteiger partial charge in [-0.05, 0) is 46.6 Å². The van der Waals surface area contributed by atoms with E-state index in [4.69, 9.17) is 11.6 Å². The first-order valence-electron chi connectivity index (χ1n) is 4.75. The van der Waals surface area contributed by atoms with Crippen molar-refractivity contribution in [2.24, 2.45) is 0 Å². The average Bonchev–Trinajstić information content (AvgIpc) is 2.66. The Bertz CT molecular complexity index is 498. The fourth-order valence-corrected chi connectivity index (χ4v) is 2.53. The van der Waals surface area contributed by atoms with Crippen molar-refractivity contribution in [3.8, 4) is 0 Å². The van der Waals surface area contributed by atoms with Crippen molar-refractivity contribution < 1.29 is 0 Å². The molecule has 0 saturated carbocycles. The second kappa shape index (κ2) is 5.17. The van der Waals surface area contributed by atoms with Gasteiger partial charge in [-0.15, -0.1) is 11.3 Å². The molecule has 0 fully saturated rings. The Kier molecular flexibility index (Phi) is 3.84. The van der Waals surface area contributed by atoms with E-state index in [1.807, 2.05) is 25.3 Å². The molecule has 0 spiro atoms. The van der Waals surface area contributed by atoms with E-state index < -0.39 is 0 Å². The number of nitrogens with one attached hydrogen (secondary N) is 1. The molecule has 0 aromatic carbocycles. The third kappa shape index (κ3) is 2.97. The Balaban J connectivity index is 2.02. The third-order valence-corrected chi connectivity index (χ3v) is 4.17. The molecule has 2 nitrogen and oxygen atoms in total. The smallest absolute Gasteiger partial charge is 0.109 e. The fraction of sp³-hybridized carbons (Fsp3) is 0.182. The molecule has 2 aromatic rings. The van der Waals surface area contributed by atoms with Gasteiger partial charge < -0.3 is 5.32 Å². The molecule has 0 aliphatic heterocycles. The van der Waals surface area contributed by atoms with Crippen LogP contribution in [0.1, 0.15) is 10.4 Å². The van der Waals surface area contributed by atoms with E-state index in [1.165, 1.54) is 4.88 Å². The summed E-state index contributed by atoms with van der Waals surface area (Å²) in [4.78, 5) is 5.44.